The Morgan fingerprint density at radius 3 is 2.56 bits per heavy atom. The van der Waals surface area contributed by atoms with Crippen LogP contribution in [0.2, 0.25) is 0 Å². The summed E-state index contributed by atoms with van der Waals surface area (Å²) in [5.74, 6) is 2.40. The number of fused-ring (bicyclic) bond motifs is 4. The molecule has 2 N–H and O–H groups in total. The number of nitrogens with zero attached hydrogens (tertiary/aromatic N) is 1. The van der Waals surface area contributed by atoms with Crippen molar-refractivity contribution in [1.29, 1.82) is 0 Å². The first-order valence-electron chi connectivity index (χ1n) is 11.9. The summed E-state index contributed by atoms with van der Waals surface area (Å²) in [6, 6.07) is 12.3. The van der Waals surface area contributed by atoms with Crippen LogP contribution in [0.1, 0.15) is 28.8 Å². The molecule has 3 saturated heterocycles. The van der Waals surface area contributed by atoms with E-state index in [2.05, 4.69) is 22.9 Å². The van der Waals surface area contributed by atoms with Gasteiger partial charge >= 0.3 is 0 Å². The van der Waals surface area contributed by atoms with E-state index in [4.69, 9.17) is 9.47 Å². The topological polar surface area (TPSA) is 71.0 Å². The van der Waals surface area contributed by atoms with E-state index in [-0.39, 0.29) is 11.8 Å². The first-order valence-corrected chi connectivity index (χ1v) is 11.9. The summed E-state index contributed by atoms with van der Waals surface area (Å²) in [7, 11) is 3.24. The van der Waals surface area contributed by atoms with Gasteiger partial charge < -0.3 is 19.9 Å². The summed E-state index contributed by atoms with van der Waals surface area (Å²) in [6.07, 6.45) is 5.33. The number of methoxy groups -OCH3 is 2. The van der Waals surface area contributed by atoms with Crippen molar-refractivity contribution in [3.8, 4) is 11.5 Å². The zero-order chi connectivity index (χ0) is 23.8. The maximum Gasteiger partial charge on any atom is 0.188 e. The lowest BCUT2D eigenvalue weighted by Gasteiger charge is -2.51. The Balaban J connectivity index is 1.49. The van der Waals surface area contributed by atoms with Crippen molar-refractivity contribution < 1.29 is 19.4 Å². The van der Waals surface area contributed by atoms with E-state index in [1.807, 2.05) is 24.3 Å². The number of anilines is 1. The summed E-state index contributed by atoms with van der Waals surface area (Å²) >= 11 is 0. The third kappa shape index (κ3) is 4.01. The average molecular weight is 461 g/mol. The Hall–Kier alpha value is -3.09. The highest BCUT2D eigenvalue weighted by Crippen LogP contribution is 2.42. The minimum Gasteiger partial charge on any atom is -0.497 e. The zero-order valence-electron chi connectivity index (χ0n) is 19.7. The van der Waals surface area contributed by atoms with Gasteiger partial charge in [-0.05, 0) is 85.3 Å². The minimum atomic E-state index is -0.701. The van der Waals surface area contributed by atoms with E-state index in [0.717, 1.165) is 48.5 Å². The largest absolute Gasteiger partial charge is 0.497 e. The number of benzene rings is 2. The van der Waals surface area contributed by atoms with Gasteiger partial charge in [-0.1, -0.05) is 6.08 Å². The monoisotopic (exact) mass is 460 g/mol. The number of hydrogen-bond donors (Lipinski definition) is 2. The standard InChI is InChI=1S/C28H32N2O4/c1-4-17-16-30-12-11-19(17)13-26(30)28(32)23-15-25(27(31)18-5-7-20(33-2)8-6-18)29-24-10-9-21(34-3)14-22(23)24/h4-10,14-15,17,19,25-26,28-29,32H,1,11-13,16H2,2-3H3/t17-,19?,25?,26-,28+/m0/s1. The van der Waals surface area contributed by atoms with Gasteiger partial charge in [0.2, 0.25) is 0 Å². The molecule has 0 spiro atoms. The maximum atomic E-state index is 13.4. The third-order valence-electron chi connectivity index (χ3n) is 7.69. The zero-order valence-corrected chi connectivity index (χ0v) is 19.7. The van der Waals surface area contributed by atoms with Crippen LogP contribution in [0.4, 0.5) is 5.69 Å². The Morgan fingerprint density at radius 1 is 1.18 bits per heavy atom. The number of carbonyl (C=O) groups is 1. The number of ether oxygens (including phenoxy) is 2. The predicted molar refractivity (Wildman–Crippen MR) is 133 cm³/mol. The molecule has 0 aromatic heterocycles. The third-order valence-corrected chi connectivity index (χ3v) is 7.69. The molecule has 0 aliphatic carbocycles. The van der Waals surface area contributed by atoms with Gasteiger partial charge in [0.25, 0.3) is 0 Å². The molecule has 34 heavy (non-hydrogen) atoms. The highest BCUT2D eigenvalue weighted by atomic mass is 16.5. The molecule has 3 unspecified atom stereocenters. The Morgan fingerprint density at radius 2 is 1.91 bits per heavy atom. The van der Waals surface area contributed by atoms with Gasteiger partial charge in [0.15, 0.2) is 5.78 Å². The van der Waals surface area contributed by atoms with Gasteiger partial charge in [-0.25, -0.2) is 0 Å². The molecular weight excluding hydrogens is 428 g/mol. The first kappa shape index (κ1) is 22.7. The predicted octanol–water partition coefficient (Wildman–Crippen LogP) is 4.02. The normalized spacial score (nSPS) is 28.2. The number of aliphatic hydroxyl groups is 1. The lowest BCUT2D eigenvalue weighted by molar-refractivity contribution is -0.0254. The van der Waals surface area contributed by atoms with E-state index in [1.165, 1.54) is 0 Å². The van der Waals surface area contributed by atoms with Crippen molar-refractivity contribution in [3.63, 3.8) is 0 Å². The second kappa shape index (κ2) is 9.28. The van der Waals surface area contributed by atoms with Gasteiger partial charge in [-0.15, -0.1) is 6.58 Å². The molecule has 6 atom stereocenters. The van der Waals surface area contributed by atoms with E-state index >= 15 is 0 Å². The van der Waals surface area contributed by atoms with Crippen molar-refractivity contribution in [2.45, 2.75) is 31.0 Å². The van der Waals surface area contributed by atoms with Crippen molar-refractivity contribution in [2.24, 2.45) is 11.8 Å². The molecule has 6 rings (SSSR count). The van der Waals surface area contributed by atoms with Gasteiger partial charge in [-0.2, -0.15) is 0 Å². The number of ketones is 1. The van der Waals surface area contributed by atoms with Crippen molar-refractivity contribution in [2.75, 3.05) is 32.6 Å². The average Bonchev–Trinajstić information content (AvgIpc) is 2.91. The van der Waals surface area contributed by atoms with Crippen LogP contribution in [0.3, 0.4) is 0 Å². The Bertz CT molecular complexity index is 1110. The number of rotatable bonds is 7. The number of hydrogen-bond acceptors (Lipinski definition) is 6. The minimum absolute atomic E-state index is 0.0232. The highest BCUT2D eigenvalue weighted by Gasteiger charge is 2.43. The molecule has 2 bridgehead atoms. The number of carbonyl (C=O) groups excluding carboxylic acids is 1. The van der Waals surface area contributed by atoms with Crippen LogP contribution in [0.25, 0.3) is 5.57 Å². The van der Waals surface area contributed by atoms with Crippen LogP contribution >= 0.6 is 0 Å². The van der Waals surface area contributed by atoms with Gasteiger partial charge in [0.05, 0.1) is 20.3 Å². The van der Waals surface area contributed by atoms with Crippen LogP contribution in [-0.2, 0) is 0 Å². The van der Waals surface area contributed by atoms with Crippen molar-refractivity contribution >= 4 is 17.0 Å². The molecule has 2 aromatic rings. The van der Waals surface area contributed by atoms with E-state index in [1.54, 1.807) is 38.5 Å². The molecule has 6 heteroatoms. The molecule has 4 aliphatic heterocycles. The molecule has 2 aromatic carbocycles. The summed E-state index contributed by atoms with van der Waals surface area (Å²) in [5.41, 5.74) is 3.08. The van der Waals surface area contributed by atoms with Crippen LogP contribution in [0.5, 0.6) is 11.5 Å². The maximum absolute atomic E-state index is 13.4. The van der Waals surface area contributed by atoms with Gasteiger partial charge in [-0.3, -0.25) is 9.69 Å². The molecule has 0 radical (unpaired) electrons. The van der Waals surface area contributed by atoms with Crippen LogP contribution < -0.4 is 14.8 Å². The molecular formula is C28H32N2O4. The Labute approximate surface area is 200 Å². The molecule has 6 nitrogen and oxygen atoms in total. The molecule has 4 heterocycles. The molecule has 3 fully saturated rings. The lowest BCUT2D eigenvalue weighted by atomic mass is 9.73. The number of Topliss-reactive ketones (excluding diaryl/α,β-unsaturated/α-hetero) is 1. The summed E-state index contributed by atoms with van der Waals surface area (Å²) in [5, 5.41) is 15.1. The summed E-state index contributed by atoms with van der Waals surface area (Å²) < 4.78 is 10.7. The van der Waals surface area contributed by atoms with Crippen molar-refractivity contribution in [3.05, 3.63) is 72.3 Å². The molecule has 0 amide bonds. The molecule has 0 saturated carbocycles. The fourth-order valence-corrected chi connectivity index (χ4v) is 5.74. The number of aliphatic hydroxyl groups excluding tert-OH is 1. The highest BCUT2D eigenvalue weighted by molar-refractivity contribution is 6.05. The quantitative estimate of drug-likeness (QED) is 0.480. The van der Waals surface area contributed by atoms with Gasteiger partial charge in [0, 0.05) is 29.4 Å². The summed E-state index contributed by atoms with van der Waals surface area (Å²) in [6.45, 7) is 5.93. The SMILES string of the molecule is C=C[C@H]1CN2CCC1C[C@H]2[C@H](O)C1=CC(C(=O)c2ccc(OC)cc2)Nc2ccc(OC)cc21. The fraction of sp³-hybridized carbons (Fsp3) is 0.393. The second-order valence-electron chi connectivity index (χ2n) is 9.44. The van der Waals surface area contributed by atoms with E-state index in [9.17, 15) is 9.90 Å². The Kier molecular flexibility index (Phi) is 6.19. The number of nitrogens with one attached hydrogen (secondary N) is 1. The van der Waals surface area contributed by atoms with E-state index < -0.39 is 12.1 Å². The lowest BCUT2D eigenvalue weighted by Crippen LogP contribution is -2.57. The van der Waals surface area contributed by atoms with Crippen LogP contribution in [0, 0.1) is 11.8 Å². The van der Waals surface area contributed by atoms with E-state index in [0.29, 0.717) is 23.1 Å². The molecule has 178 valence electrons. The first-order chi connectivity index (χ1) is 16.5. The van der Waals surface area contributed by atoms with Crippen LogP contribution in [-0.4, -0.2) is 61.3 Å². The number of piperidine rings is 3. The summed E-state index contributed by atoms with van der Waals surface area (Å²) in [4.78, 5) is 15.8. The fourth-order valence-electron chi connectivity index (χ4n) is 5.74. The van der Waals surface area contributed by atoms with Gasteiger partial charge in [0.1, 0.15) is 17.5 Å². The smallest absolute Gasteiger partial charge is 0.188 e. The molecule has 4 aliphatic rings. The van der Waals surface area contributed by atoms with Crippen molar-refractivity contribution in [1.82, 2.24) is 4.90 Å². The second-order valence-corrected chi connectivity index (χ2v) is 9.44. The van der Waals surface area contributed by atoms with Crippen LogP contribution in [0.15, 0.2) is 61.2 Å².